The van der Waals surface area contributed by atoms with Gasteiger partial charge in [-0.3, -0.25) is 0 Å². The molecule has 0 aliphatic carbocycles. The number of sulfonamides is 1. The van der Waals surface area contributed by atoms with E-state index in [1.807, 2.05) is 55.5 Å². The van der Waals surface area contributed by atoms with E-state index >= 15 is 0 Å². The number of hydrogen-bond donors (Lipinski definition) is 0. The fraction of sp³-hybridized carbons (Fsp3) is 0.300. The molecule has 0 unspecified atom stereocenters. The average molecular weight is 376 g/mol. The summed E-state index contributed by atoms with van der Waals surface area (Å²) >= 11 is 6.37. The first kappa shape index (κ1) is 18.2. The van der Waals surface area contributed by atoms with E-state index in [-0.39, 0.29) is 11.3 Å². The quantitative estimate of drug-likeness (QED) is 0.746. The van der Waals surface area contributed by atoms with Crippen LogP contribution in [0.1, 0.15) is 17.5 Å². The molecule has 25 heavy (non-hydrogen) atoms. The third kappa shape index (κ3) is 4.51. The van der Waals surface area contributed by atoms with Crippen molar-refractivity contribution in [2.75, 3.05) is 13.1 Å². The molecule has 2 atom stereocenters. The molecule has 0 saturated carbocycles. The Hall–Kier alpha value is -1.62. The molecule has 5 heteroatoms. The third-order valence-electron chi connectivity index (χ3n) is 4.42. The number of alkyl halides is 1. The Morgan fingerprint density at radius 1 is 1.04 bits per heavy atom. The van der Waals surface area contributed by atoms with Crippen molar-refractivity contribution in [3.63, 3.8) is 0 Å². The van der Waals surface area contributed by atoms with Crippen LogP contribution in [0.25, 0.3) is 6.08 Å². The molecule has 2 aromatic rings. The lowest BCUT2D eigenvalue weighted by atomic mass is 9.98. The lowest BCUT2D eigenvalue weighted by Crippen LogP contribution is -2.44. The molecule has 0 spiro atoms. The fourth-order valence-electron chi connectivity index (χ4n) is 3.04. The van der Waals surface area contributed by atoms with Crippen LogP contribution >= 0.6 is 11.6 Å². The van der Waals surface area contributed by atoms with Gasteiger partial charge in [-0.1, -0.05) is 60.2 Å². The zero-order chi connectivity index (χ0) is 17.9. The minimum Gasteiger partial charge on any atom is -0.207 e. The van der Waals surface area contributed by atoms with Gasteiger partial charge in [0.1, 0.15) is 0 Å². The molecular formula is C20H22ClNO2S. The van der Waals surface area contributed by atoms with Gasteiger partial charge in [0, 0.05) is 18.5 Å². The van der Waals surface area contributed by atoms with Gasteiger partial charge >= 0.3 is 0 Å². The molecular weight excluding hydrogens is 354 g/mol. The van der Waals surface area contributed by atoms with E-state index < -0.39 is 10.0 Å². The highest BCUT2D eigenvalue weighted by Gasteiger charge is 2.33. The summed E-state index contributed by atoms with van der Waals surface area (Å²) < 4.78 is 27.3. The zero-order valence-electron chi connectivity index (χ0n) is 14.2. The molecule has 2 aromatic carbocycles. The van der Waals surface area contributed by atoms with Crippen LogP contribution < -0.4 is 0 Å². The van der Waals surface area contributed by atoms with Crippen LogP contribution in [0.2, 0.25) is 0 Å². The van der Waals surface area contributed by atoms with Gasteiger partial charge in [0.15, 0.2) is 0 Å². The van der Waals surface area contributed by atoms with Gasteiger partial charge in [0.2, 0.25) is 10.0 Å². The van der Waals surface area contributed by atoms with Gasteiger partial charge in [0.05, 0.1) is 4.90 Å². The van der Waals surface area contributed by atoms with E-state index in [0.717, 1.165) is 17.5 Å². The standard InChI is InChI=1S/C20H22ClNO2S/c1-16-7-11-20(12-8-16)25(23,24)22-14-18(13-19(21)15-22)10-9-17-5-3-2-4-6-17/h2-12,18-19H,13-15H2,1H3/b10-9+/t18-,19+/m1/s1. The predicted octanol–water partition coefficient (Wildman–Crippen LogP) is 4.33. The largest absolute Gasteiger partial charge is 0.243 e. The van der Waals surface area contributed by atoms with E-state index in [0.29, 0.717) is 18.0 Å². The van der Waals surface area contributed by atoms with Crippen molar-refractivity contribution in [2.45, 2.75) is 23.6 Å². The topological polar surface area (TPSA) is 37.4 Å². The number of aryl methyl sites for hydroxylation is 1. The number of benzene rings is 2. The Morgan fingerprint density at radius 2 is 1.72 bits per heavy atom. The van der Waals surface area contributed by atoms with Gasteiger partial charge in [-0.15, -0.1) is 11.6 Å². The first-order chi connectivity index (χ1) is 11.9. The summed E-state index contributed by atoms with van der Waals surface area (Å²) in [6, 6.07) is 17.0. The van der Waals surface area contributed by atoms with Crippen LogP contribution in [0.15, 0.2) is 65.6 Å². The van der Waals surface area contributed by atoms with Gasteiger partial charge < -0.3 is 0 Å². The van der Waals surface area contributed by atoms with Crippen LogP contribution in [0.3, 0.4) is 0 Å². The molecule has 0 amide bonds. The van der Waals surface area contributed by atoms with Gasteiger partial charge in [-0.05, 0) is 37.0 Å². The van der Waals surface area contributed by atoms with E-state index in [9.17, 15) is 8.42 Å². The maximum atomic E-state index is 12.9. The molecule has 1 aliphatic heterocycles. The minimum absolute atomic E-state index is 0.108. The van der Waals surface area contributed by atoms with E-state index in [1.165, 1.54) is 4.31 Å². The van der Waals surface area contributed by atoms with Gasteiger partial charge in [0.25, 0.3) is 0 Å². The fourth-order valence-corrected chi connectivity index (χ4v) is 5.06. The number of hydrogen-bond acceptors (Lipinski definition) is 2. The summed E-state index contributed by atoms with van der Waals surface area (Å²) in [6.07, 6.45) is 4.89. The maximum Gasteiger partial charge on any atom is 0.243 e. The van der Waals surface area contributed by atoms with Crippen molar-refractivity contribution >= 4 is 27.7 Å². The summed E-state index contributed by atoms with van der Waals surface area (Å²) in [6.45, 7) is 2.76. The Balaban J connectivity index is 1.78. The number of piperidine rings is 1. The van der Waals surface area contributed by atoms with Gasteiger partial charge in [-0.2, -0.15) is 4.31 Å². The summed E-state index contributed by atoms with van der Waals surface area (Å²) in [5, 5.41) is -0.181. The molecule has 0 radical (unpaired) electrons. The molecule has 0 bridgehead atoms. The molecule has 3 nitrogen and oxygen atoms in total. The average Bonchev–Trinajstić information content (AvgIpc) is 2.61. The predicted molar refractivity (Wildman–Crippen MR) is 103 cm³/mol. The van der Waals surface area contributed by atoms with Gasteiger partial charge in [-0.25, -0.2) is 8.42 Å². The summed E-state index contributed by atoms with van der Waals surface area (Å²) in [5.74, 6) is 0.108. The second-order valence-corrected chi connectivity index (χ2v) is 9.05. The molecule has 1 aliphatic rings. The minimum atomic E-state index is -3.51. The van der Waals surface area contributed by atoms with Crippen molar-refractivity contribution in [2.24, 2.45) is 5.92 Å². The molecule has 1 saturated heterocycles. The van der Waals surface area contributed by atoms with Crippen molar-refractivity contribution in [1.29, 1.82) is 0 Å². The van der Waals surface area contributed by atoms with Crippen molar-refractivity contribution in [3.8, 4) is 0 Å². The van der Waals surface area contributed by atoms with Crippen LogP contribution in [-0.2, 0) is 10.0 Å². The number of rotatable bonds is 4. The highest BCUT2D eigenvalue weighted by atomic mass is 35.5. The van der Waals surface area contributed by atoms with E-state index in [2.05, 4.69) is 6.08 Å². The van der Waals surface area contributed by atoms with Crippen LogP contribution in [-0.4, -0.2) is 31.2 Å². The van der Waals surface area contributed by atoms with Crippen molar-refractivity contribution in [1.82, 2.24) is 4.31 Å². The Bertz CT molecular complexity index is 832. The Kier molecular flexibility index (Phi) is 5.62. The molecule has 1 fully saturated rings. The monoisotopic (exact) mass is 375 g/mol. The summed E-state index contributed by atoms with van der Waals surface area (Å²) in [4.78, 5) is 0.328. The molecule has 1 heterocycles. The lowest BCUT2D eigenvalue weighted by Gasteiger charge is -2.33. The van der Waals surface area contributed by atoms with E-state index in [4.69, 9.17) is 11.6 Å². The van der Waals surface area contributed by atoms with E-state index in [1.54, 1.807) is 12.1 Å². The highest BCUT2D eigenvalue weighted by Crippen LogP contribution is 2.27. The van der Waals surface area contributed by atoms with Crippen LogP contribution in [0, 0.1) is 12.8 Å². The number of halogens is 1. The van der Waals surface area contributed by atoms with Crippen molar-refractivity contribution < 1.29 is 8.42 Å². The molecule has 132 valence electrons. The van der Waals surface area contributed by atoms with Crippen molar-refractivity contribution in [3.05, 3.63) is 71.8 Å². The maximum absolute atomic E-state index is 12.9. The van der Waals surface area contributed by atoms with Crippen LogP contribution in [0.4, 0.5) is 0 Å². The second kappa shape index (κ2) is 7.73. The molecule has 0 aromatic heterocycles. The molecule has 3 rings (SSSR count). The smallest absolute Gasteiger partial charge is 0.207 e. The normalized spacial score (nSPS) is 22.3. The zero-order valence-corrected chi connectivity index (χ0v) is 15.7. The first-order valence-electron chi connectivity index (χ1n) is 8.39. The third-order valence-corrected chi connectivity index (χ3v) is 6.58. The highest BCUT2D eigenvalue weighted by molar-refractivity contribution is 7.89. The van der Waals surface area contributed by atoms with Crippen LogP contribution in [0.5, 0.6) is 0 Å². The molecule has 0 N–H and O–H groups in total. The second-order valence-electron chi connectivity index (χ2n) is 6.50. The number of nitrogens with zero attached hydrogens (tertiary/aromatic N) is 1. The summed E-state index contributed by atoms with van der Waals surface area (Å²) in [5.41, 5.74) is 2.14. The SMILES string of the molecule is Cc1ccc(S(=O)(=O)N2C[C@@H](Cl)C[C@@H](/C=C/c3ccccc3)C2)cc1. The summed E-state index contributed by atoms with van der Waals surface area (Å²) in [7, 11) is -3.51. The lowest BCUT2D eigenvalue weighted by molar-refractivity contribution is 0.305. The Morgan fingerprint density at radius 3 is 2.40 bits per heavy atom. The Labute approximate surface area is 155 Å². The first-order valence-corrected chi connectivity index (χ1v) is 10.3.